The third kappa shape index (κ3) is 3.25. The Morgan fingerprint density at radius 3 is 3.25 bits per heavy atom. The molecule has 0 saturated carbocycles. The zero-order chi connectivity index (χ0) is 11.2. The summed E-state index contributed by atoms with van der Waals surface area (Å²) in [4.78, 5) is 8.10. The maximum absolute atomic E-state index is 5.64. The van der Waals surface area contributed by atoms with E-state index in [9.17, 15) is 0 Å². The number of hydrogen-bond donors (Lipinski definition) is 1. The van der Waals surface area contributed by atoms with Gasteiger partial charge in [0.25, 0.3) is 0 Å². The Hall–Kier alpha value is -1.00. The highest BCUT2D eigenvalue weighted by molar-refractivity contribution is 4.97. The van der Waals surface area contributed by atoms with E-state index in [0.29, 0.717) is 12.1 Å². The van der Waals surface area contributed by atoms with Crippen LogP contribution < -0.4 is 5.32 Å². The molecular formula is C12H19N3O. The maximum Gasteiger partial charge on any atom is 0.115 e. The molecule has 0 amide bonds. The van der Waals surface area contributed by atoms with Gasteiger partial charge in [0.1, 0.15) is 6.33 Å². The molecule has 0 radical (unpaired) electrons. The van der Waals surface area contributed by atoms with Gasteiger partial charge in [0, 0.05) is 25.4 Å². The van der Waals surface area contributed by atoms with Crippen molar-refractivity contribution >= 4 is 0 Å². The van der Waals surface area contributed by atoms with Gasteiger partial charge in [-0.1, -0.05) is 6.92 Å². The van der Waals surface area contributed by atoms with E-state index in [0.717, 1.165) is 38.1 Å². The van der Waals surface area contributed by atoms with Crippen LogP contribution in [0.5, 0.6) is 0 Å². The molecule has 1 saturated heterocycles. The highest BCUT2D eigenvalue weighted by atomic mass is 16.5. The summed E-state index contributed by atoms with van der Waals surface area (Å²) < 4.78 is 5.64. The summed E-state index contributed by atoms with van der Waals surface area (Å²) in [6.07, 6.45) is 7.12. The normalized spacial score (nSPS) is 25.6. The minimum Gasteiger partial charge on any atom is -0.378 e. The van der Waals surface area contributed by atoms with Crippen LogP contribution in [0.25, 0.3) is 0 Å². The standard InChI is InChI=1S/C12H19N3O/c1-2-12-7-10(4-6-16-12)14-8-11-3-5-13-9-15-11/h3,5,9-10,12,14H,2,4,6-8H2,1H3. The fraction of sp³-hybridized carbons (Fsp3) is 0.667. The average molecular weight is 221 g/mol. The number of hydrogen-bond acceptors (Lipinski definition) is 4. The molecule has 2 heterocycles. The first-order valence-corrected chi connectivity index (χ1v) is 5.98. The molecule has 1 aliphatic heterocycles. The fourth-order valence-corrected chi connectivity index (χ4v) is 2.02. The summed E-state index contributed by atoms with van der Waals surface area (Å²) in [6, 6.07) is 2.51. The van der Waals surface area contributed by atoms with Crippen LogP contribution in [-0.4, -0.2) is 28.7 Å². The van der Waals surface area contributed by atoms with Crippen molar-refractivity contribution in [1.82, 2.24) is 15.3 Å². The molecule has 88 valence electrons. The van der Waals surface area contributed by atoms with Crippen LogP contribution in [-0.2, 0) is 11.3 Å². The Labute approximate surface area is 96.4 Å². The van der Waals surface area contributed by atoms with Gasteiger partial charge < -0.3 is 10.1 Å². The van der Waals surface area contributed by atoms with Gasteiger partial charge in [0.05, 0.1) is 11.8 Å². The van der Waals surface area contributed by atoms with Crippen LogP contribution in [0, 0.1) is 0 Å². The lowest BCUT2D eigenvalue weighted by atomic mass is 10.0. The summed E-state index contributed by atoms with van der Waals surface area (Å²) in [5.74, 6) is 0. The van der Waals surface area contributed by atoms with Gasteiger partial charge in [-0.3, -0.25) is 0 Å². The van der Waals surface area contributed by atoms with Crippen LogP contribution in [0.3, 0.4) is 0 Å². The molecule has 0 spiro atoms. The molecule has 16 heavy (non-hydrogen) atoms. The van der Waals surface area contributed by atoms with Gasteiger partial charge in [-0.25, -0.2) is 9.97 Å². The lowest BCUT2D eigenvalue weighted by molar-refractivity contribution is -0.000371. The van der Waals surface area contributed by atoms with Crippen LogP contribution in [0.1, 0.15) is 31.9 Å². The van der Waals surface area contributed by atoms with Crippen molar-refractivity contribution in [3.05, 3.63) is 24.3 Å². The molecule has 1 aromatic rings. The van der Waals surface area contributed by atoms with Gasteiger partial charge in [-0.15, -0.1) is 0 Å². The SMILES string of the molecule is CCC1CC(NCc2ccncn2)CCO1. The topological polar surface area (TPSA) is 47.0 Å². The van der Waals surface area contributed by atoms with Crippen molar-refractivity contribution in [2.75, 3.05) is 6.61 Å². The lowest BCUT2D eigenvalue weighted by Crippen LogP contribution is -2.38. The van der Waals surface area contributed by atoms with Crippen molar-refractivity contribution in [3.8, 4) is 0 Å². The zero-order valence-corrected chi connectivity index (χ0v) is 9.72. The molecule has 0 aliphatic carbocycles. The molecule has 1 fully saturated rings. The third-order valence-corrected chi connectivity index (χ3v) is 3.04. The molecule has 4 nitrogen and oxygen atoms in total. The van der Waals surface area contributed by atoms with Gasteiger partial charge in [-0.2, -0.15) is 0 Å². The van der Waals surface area contributed by atoms with Crippen LogP contribution in [0.4, 0.5) is 0 Å². The Balaban J connectivity index is 1.77. The Bertz CT molecular complexity index is 304. The van der Waals surface area contributed by atoms with Crippen molar-refractivity contribution in [2.24, 2.45) is 0 Å². The summed E-state index contributed by atoms with van der Waals surface area (Å²) in [5.41, 5.74) is 1.05. The smallest absolute Gasteiger partial charge is 0.115 e. The van der Waals surface area contributed by atoms with E-state index in [4.69, 9.17) is 4.74 Å². The van der Waals surface area contributed by atoms with Crippen molar-refractivity contribution in [2.45, 2.75) is 44.9 Å². The summed E-state index contributed by atoms with van der Waals surface area (Å²) >= 11 is 0. The monoisotopic (exact) mass is 221 g/mol. The minimum absolute atomic E-state index is 0.427. The predicted molar refractivity (Wildman–Crippen MR) is 61.9 cm³/mol. The average Bonchev–Trinajstić information content (AvgIpc) is 2.38. The largest absolute Gasteiger partial charge is 0.378 e. The quantitative estimate of drug-likeness (QED) is 0.837. The number of ether oxygens (including phenoxy) is 1. The van der Waals surface area contributed by atoms with E-state index in [1.54, 1.807) is 12.5 Å². The van der Waals surface area contributed by atoms with E-state index < -0.39 is 0 Å². The zero-order valence-electron chi connectivity index (χ0n) is 9.72. The Morgan fingerprint density at radius 2 is 2.50 bits per heavy atom. The predicted octanol–water partition coefficient (Wildman–Crippen LogP) is 1.52. The van der Waals surface area contributed by atoms with Crippen molar-refractivity contribution < 1.29 is 4.74 Å². The molecule has 2 rings (SSSR count). The molecule has 4 heteroatoms. The van der Waals surface area contributed by atoms with E-state index in [-0.39, 0.29) is 0 Å². The number of rotatable bonds is 4. The Kier molecular flexibility index (Phi) is 4.25. The van der Waals surface area contributed by atoms with Crippen molar-refractivity contribution in [3.63, 3.8) is 0 Å². The van der Waals surface area contributed by atoms with E-state index in [2.05, 4.69) is 22.2 Å². The number of nitrogens with zero attached hydrogens (tertiary/aromatic N) is 2. The highest BCUT2D eigenvalue weighted by Crippen LogP contribution is 2.16. The van der Waals surface area contributed by atoms with E-state index in [1.165, 1.54) is 0 Å². The van der Waals surface area contributed by atoms with Crippen LogP contribution >= 0.6 is 0 Å². The van der Waals surface area contributed by atoms with Crippen LogP contribution in [0.2, 0.25) is 0 Å². The molecule has 1 aromatic heterocycles. The first-order valence-electron chi connectivity index (χ1n) is 5.98. The molecule has 2 atom stereocenters. The minimum atomic E-state index is 0.427. The maximum atomic E-state index is 5.64. The van der Waals surface area contributed by atoms with Crippen molar-refractivity contribution in [1.29, 1.82) is 0 Å². The molecule has 2 unspecified atom stereocenters. The molecule has 0 aromatic carbocycles. The van der Waals surface area contributed by atoms with Gasteiger partial charge in [0.15, 0.2) is 0 Å². The first-order chi connectivity index (χ1) is 7.88. The first kappa shape index (κ1) is 11.5. The molecule has 1 N–H and O–H groups in total. The second-order valence-corrected chi connectivity index (χ2v) is 4.20. The highest BCUT2D eigenvalue weighted by Gasteiger charge is 2.20. The molecule has 0 bridgehead atoms. The molecular weight excluding hydrogens is 202 g/mol. The Morgan fingerprint density at radius 1 is 1.56 bits per heavy atom. The van der Waals surface area contributed by atoms with E-state index >= 15 is 0 Å². The summed E-state index contributed by atoms with van der Waals surface area (Å²) in [5, 5.41) is 3.53. The third-order valence-electron chi connectivity index (χ3n) is 3.04. The van der Waals surface area contributed by atoms with Gasteiger partial charge in [-0.05, 0) is 25.3 Å². The van der Waals surface area contributed by atoms with Gasteiger partial charge in [0.2, 0.25) is 0 Å². The second kappa shape index (κ2) is 5.92. The second-order valence-electron chi connectivity index (χ2n) is 4.20. The molecule has 1 aliphatic rings. The fourth-order valence-electron chi connectivity index (χ4n) is 2.02. The van der Waals surface area contributed by atoms with E-state index in [1.807, 2.05) is 6.07 Å². The summed E-state index contributed by atoms with van der Waals surface area (Å²) in [7, 11) is 0. The lowest BCUT2D eigenvalue weighted by Gasteiger charge is -2.29. The van der Waals surface area contributed by atoms with Gasteiger partial charge >= 0.3 is 0 Å². The number of nitrogens with one attached hydrogen (secondary N) is 1. The summed E-state index contributed by atoms with van der Waals surface area (Å²) in [6.45, 7) is 3.88. The van der Waals surface area contributed by atoms with Crippen LogP contribution in [0.15, 0.2) is 18.6 Å². The number of aromatic nitrogens is 2.